The molecule has 0 saturated heterocycles. The molecule has 1 aromatic heterocycles. The van der Waals surface area contributed by atoms with Gasteiger partial charge in [-0.1, -0.05) is 42.5 Å². The molecule has 0 bridgehead atoms. The quantitative estimate of drug-likeness (QED) is 0.472. The van der Waals surface area contributed by atoms with Gasteiger partial charge in [-0.3, -0.25) is 9.48 Å². The van der Waals surface area contributed by atoms with Crippen molar-refractivity contribution in [3.05, 3.63) is 87.7 Å². The van der Waals surface area contributed by atoms with Gasteiger partial charge in [0.2, 0.25) is 0 Å². The first-order valence-electron chi connectivity index (χ1n) is 9.93. The maximum atomic E-state index is 12.6. The zero-order valence-electron chi connectivity index (χ0n) is 16.8. The number of aromatic nitrogens is 2. The summed E-state index contributed by atoms with van der Waals surface area (Å²) < 4.78 is 7.14. The van der Waals surface area contributed by atoms with E-state index in [9.17, 15) is 9.59 Å². The highest BCUT2D eigenvalue weighted by Gasteiger charge is 2.22. The molecular formula is C24H24N2O3. The minimum Gasteiger partial charge on any atom is -0.454 e. The first-order chi connectivity index (χ1) is 14.0. The van der Waals surface area contributed by atoms with E-state index in [0.717, 1.165) is 30.5 Å². The van der Waals surface area contributed by atoms with Gasteiger partial charge >= 0.3 is 5.97 Å². The van der Waals surface area contributed by atoms with Crippen LogP contribution in [0.15, 0.2) is 48.5 Å². The van der Waals surface area contributed by atoms with Crippen LogP contribution in [0.2, 0.25) is 0 Å². The van der Waals surface area contributed by atoms with Crippen molar-refractivity contribution in [3.63, 3.8) is 0 Å². The summed E-state index contributed by atoms with van der Waals surface area (Å²) in [4.78, 5) is 25.1. The van der Waals surface area contributed by atoms with E-state index in [4.69, 9.17) is 4.74 Å². The van der Waals surface area contributed by atoms with Gasteiger partial charge in [-0.05, 0) is 55.9 Å². The lowest BCUT2D eigenvalue weighted by atomic mass is 10.0. The van der Waals surface area contributed by atoms with Gasteiger partial charge < -0.3 is 4.74 Å². The van der Waals surface area contributed by atoms with E-state index in [1.54, 1.807) is 11.6 Å². The Hall–Kier alpha value is -3.21. The number of ether oxygens (including phenoxy) is 1. The van der Waals surface area contributed by atoms with E-state index < -0.39 is 5.97 Å². The van der Waals surface area contributed by atoms with Crippen LogP contribution in [0, 0.1) is 13.8 Å². The summed E-state index contributed by atoms with van der Waals surface area (Å²) in [6.45, 7) is 3.95. The first kappa shape index (κ1) is 19.1. The Labute approximate surface area is 170 Å². The minimum atomic E-state index is -0.506. The fourth-order valence-electron chi connectivity index (χ4n) is 3.93. The van der Waals surface area contributed by atoms with Crippen LogP contribution < -0.4 is 0 Å². The number of hydrogen-bond acceptors (Lipinski definition) is 4. The summed E-state index contributed by atoms with van der Waals surface area (Å²) in [5.74, 6) is -0.686. The molecule has 0 saturated carbocycles. The summed E-state index contributed by atoms with van der Waals surface area (Å²) in [5, 5.41) is 4.48. The van der Waals surface area contributed by atoms with Crippen molar-refractivity contribution in [1.29, 1.82) is 0 Å². The number of fused-ring (bicyclic) bond motifs is 1. The second kappa shape index (κ2) is 8.03. The van der Waals surface area contributed by atoms with Crippen LogP contribution in [0.4, 0.5) is 0 Å². The lowest BCUT2D eigenvalue weighted by molar-refractivity contribution is 0.0473. The molecular weight excluding hydrogens is 364 g/mol. The van der Waals surface area contributed by atoms with E-state index in [2.05, 4.69) is 5.10 Å². The average molecular weight is 388 g/mol. The molecule has 0 spiro atoms. The SMILES string of the molecule is Cc1nn(Cc2ccccc2)c(C)c1C(=O)OCC(=O)c1ccc2c(c1)CCC2. The Morgan fingerprint density at radius 1 is 1.03 bits per heavy atom. The highest BCUT2D eigenvalue weighted by Crippen LogP contribution is 2.23. The van der Waals surface area contributed by atoms with Gasteiger partial charge in [0.05, 0.1) is 17.9 Å². The van der Waals surface area contributed by atoms with Gasteiger partial charge in [0.15, 0.2) is 12.4 Å². The second-order valence-corrected chi connectivity index (χ2v) is 7.53. The smallest absolute Gasteiger partial charge is 0.342 e. The maximum Gasteiger partial charge on any atom is 0.342 e. The minimum absolute atomic E-state index is 0.181. The van der Waals surface area contributed by atoms with Crippen LogP contribution in [-0.2, 0) is 24.1 Å². The number of benzene rings is 2. The lowest BCUT2D eigenvalue weighted by Crippen LogP contribution is -2.16. The zero-order valence-corrected chi connectivity index (χ0v) is 16.8. The molecule has 0 atom stereocenters. The Bertz CT molecular complexity index is 1070. The molecule has 0 unspecified atom stereocenters. The predicted octanol–water partition coefficient (Wildman–Crippen LogP) is 4.08. The van der Waals surface area contributed by atoms with Crippen molar-refractivity contribution >= 4 is 11.8 Å². The fourth-order valence-corrected chi connectivity index (χ4v) is 3.93. The summed E-state index contributed by atoms with van der Waals surface area (Å²) in [7, 11) is 0. The van der Waals surface area contributed by atoms with Crippen LogP contribution in [0.5, 0.6) is 0 Å². The van der Waals surface area contributed by atoms with Crippen molar-refractivity contribution in [2.45, 2.75) is 39.7 Å². The molecule has 1 aliphatic rings. The molecule has 0 amide bonds. The van der Waals surface area contributed by atoms with E-state index in [-0.39, 0.29) is 12.4 Å². The van der Waals surface area contributed by atoms with Gasteiger partial charge in [-0.15, -0.1) is 0 Å². The number of nitrogens with zero attached hydrogens (tertiary/aromatic N) is 2. The topological polar surface area (TPSA) is 61.2 Å². The Balaban J connectivity index is 1.44. The van der Waals surface area contributed by atoms with Crippen LogP contribution in [0.1, 0.15) is 55.2 Å². The number of carbonyl (C=O) groups excluding carboxylic acids is 2. The third kappa shape index (κ3) is 3.99. The summed E-state index contributed by atoms with van der Waals surface area (Å²) in [6, 6.07) is 15.7. The summed E-state index contributed by atoms with van der Waals surface area (Å²) in [5.41, 5.74) is 6.03. The predicted molar refractivity (Wildman–Crippen MR) is 110 cm³/mol. The van der Waals surface area contributed by atoms with Crippen molar-refractivity contribution in [2.75, 3.05) is 6.61 Å². The molecule has 1 heterocycles. The number of rotatable bonds is 6. The molecule has 5 heteroatoms. The van der Waals surface area contributed by atoms with E-state index in [1.807, 2.05) is 55.5 Å². The Kier molecular flexibility index (Phi) is 5.30. The van der Waals surface area contributed by atoms with Gasteiger partial charge in [-0.25, -0.2) is 4.79 Å². The molecule has 0 radical (unpaired) electrons. The van der Waals surface area contributed by atoms with Crippen LogP contribution in [0.3, 0.4) is 0 Å². The molecule has 3 aromatic rings. The second-order valence-electron chi connectivity index (χ2n) is 7.53. The van der Waals surface area contributed by atoms with Crippen molar-refractivity contribution in [1.82, 2.24) is 9.78 Å². The van der Waals surface area contributed by atoms with Gasteiger partial charge in [0, 0.05) is 5.56 Å². The highest BCUT2D eigenvalue weighted by molar-refractivity contribution is 6.00. The standard InChI is InChI=1S/C24H24N2O3/c1-16-23(17(2)26(25-16)14-18-7-4-3-5-8-18)24(28)29-15-22(27)21-12-11-19-9-6-10-20(19)13-21/h3-5,7-8,11-13H,6,9-10,14-15H2,1-2H3. The van der Waals surface area contributed by atoms with Gasteiger partial charge in [-0.2, -0.15) is 5.10 Å². The van der Waals surface area contributed by atoms with Crippen molar-refractivity contribution in [2.24, 2.45) is 0 Å². The molecule has 5 nitrogen and oxygen atoms in total. The van der Waals surface area contributed by atoms with Crippen LogP contribution >= 0.6 is 0 Å². The maximum absolute atomic E-state index is 12.6. The molecule has 0 fully saturated rings. The lowest BCUT2D eigenvalue weighted by Gasteiger charge is -2.07. The van der Waals surface area contributed by atoms with Gasteiger partial charge in [0.25, 0.3) is 0 Å². The fraction of sp³-hybridized carbons (Fsp3) is 0.292. The molecule has 0 aliphatic heterocycles. The Morgan fingerprint density at radius 3 is 2.59 bits per heavy atom. The molecule has 0 N–H and O–H groups in total. The molecule has 1 aliphatic carbocycles. The normalized spacial score (nSPS) is 12.6. The van der Waals surface area contributed by atoms with Crippen LogP contribution in [0.25, 0.3) is 0 Å². The number of esters is 1. The van der Waals surface area contributed by atoms with Crippen LogP contribution in [-0.4, -0.2) is 28.1 Å². The summed E-state index contributed by atoms with van der Waals surface area (Å²) in [6.07, 6.45) is 3.22. The number of Topliss-reactive ketones (excluding diaryl/α,β-unsaturated/α-hetero) is 1. The number of ketones is 1. The average Bonchev–Trinajstić information content (AvgIpc) is 3.30. The molecule has 148 valence electrons. The molecule has 4 rings (SSSR count). The third-order valence-electron chi connectivity index (χ3n) is 5.52. The summed E-state index contributed by atoms with van der Waals surface area (Å²) >= 11 is 0. The third-order valence-corrected chi connectivity index (χ3v) is 5.52. The number of aryl methyl sites for hydroxylation is 3. The Morgan fingerprint density at radius 2 is 1.79 bits per heavy atom. The first-order valence-corrected chi connectivity index (χ1v) is 9.93. The van der Waals surface area contributed by atoms with Gasteiger partial charge in [0.1, 0.15) is 5.56 Å². The van der Waals surface area contributed by atoms with E-state index in [1.165, 1.54) is 11.1 Å². The zero-order chi connectivity index (χ0) is 20.4. The monoisotopic (exact) mass is 388 g/mol. The largest absolute Gasteiger partial charge is 0.454 e. The number of hydrogen-bond donors (Lipinski definition) is 0. The van der Waals surface area contributed by atoms with E-state index in [0.29, 0.717) is 23.4 Å². The molecule has 29 heavy (non-hydrogen) atoms. The van der Waals surface area contributed by atoms with Crippen molar-refractivity contribution in [3.8, 4) is 0 Å². The number of carbonyl (C=O) groups is 2. The highest BCUT2D eigenvalue weighted by atomic mass is 16.5. The van der Waals surface area contributed by atoms with Crippen molar-refractivity contribution < 1.29 is 14.3 Å². The molecule has 2 aromatic carbocycles. The van der Waals surface area contributed by atoms with E-state index >= 15 is 0 Å².